The first-order chi connectivity index (χ1) is 9.74. The molecule has 6 nitrogen and oxygen atoms in total. The van der Waals surface area contributed by atoms with E-state index >= 15 is 0 Å². The zero-order valence-electron chi connectivity index (χ0n) is 13.2. The van der Waals surface area contributed by atoms with Crippen LogP contribution in [0.15, 0.2) is 12.2 Å². The molecule has 0 radical (unpaired) electrons. The molecule has 0 aliphatic rings. The average molecular weight is 301 g/mol. The van der Waals surface area contributed by atoms with Gasteiger partial charge in [-0.3, -0.25) is 0 Å². The lowest BCUT2D eigenvalue weighted by atomic mass is 10.2. The quantitative estimate of drug-likeness (QED) is 0.248. The zero-order valence-corrected chi connectivity index (χ0v) is 13.2. The van der Waals surface area contributed by atoms with Crippen molar-refractivity contribution in [1.82, 2.24) is 0 Å². The Morgan fingerprint density at radius 3 is 2.43 bits per heavy atom. The summed E-state index contributed by atoms with van der Waals surface area (Å²) in [5.41, 5.74) is 0. The number of aliphatic hydroxyl groups excluding tert-OH is 1. The molecule has 122 valence electrons. The molecule has 0 aromatic heterocycles. The SMILES string of the molecule is C[N+](C)(C)CC(CC(=O)[O-])OC(=O)C=CCCCCCO. The first-order valence-corrected chi connectivity index (χ1v) is 7.23. The van der Waals surface area contributed by atoms with Gasteiger partial charge in [0.1, 0.15) is 6.54 Å². The summed E-state index contributed by atoms with van der Waals surface area (Å²) in [5, 5.41) is 19.3. The summed E-state index contributed by atoms with van der Waals surface area (Å²) in [4.78, 5) is 22.3. The normalized spacial score (nSPS) is 13.3. The first-order valence-electron chi connectivity index (χ1n) is 7.23. The average Bonchev–Trinajstić information content (AvgIpc) is 2.30. The van der Waals surface area contributed by atoms with Gasteiger partial charge in [0.25, 0.3) is 0 Å². The first kappa shape index (κ1) is 19.6. The van der Waals surface area contributed by atoms with Crippen LogP contribution >= 0.6 is 0 Å². The lowest BCUT2D eigenvalue weighted by Gasteiger charge is -2.29. The minimum absolute atomic E-state index is 0.182. The molecule has 0 spiro atoms. The summed E-state index contributed by atoms with van der Waals surface area (Å²) < 4.78 is 5.66. The molecule has 0 fully saturated rings. The van der Waals surface area contributed by atoms with Crippen LogP contribution in [-0.4, -0.2) is 61.9 Å². The van der Waals surface area contributed by atoms with Gasteiger partial charge in [-0.25, -0.2) is 4.79 Å². The topological polar surface area (TPSA) is 86.7 Å². The van der Waals surface area contributed by atoms with Crippen LogP contribution in [0.5, 0.6) is 0 Å². The number of ether oxygens (including phenoxy) is 1. The number of carbonyl (C=O) groups is 2. The Morgan fingerprint density at radius 2 is 1.90 bits per heavy atom. The van der Waals surface area contributed by atoms with Crippen LogP contribution in [0.4, 0.5) is 0 Å². The number of quaternary nitrogens is 1. The fourth-order valence-corrected chi connectivity index (χ4v) is 1.87. The number of hydrogen-bond acceptors (Lipinski definition) is 5. The number of nitrogens with zero attached hydrogens (tertiary/aromatic N) is 1. The highest BCUT2D eigenvalue weighted by Gasteiger charge is 2.21. The summed E-state index contributed by atoms with van der Waals surface area (Å²) in [6.45, 7) is 0.589. The molecule has 0 amide bonds. The van der Waals surface area contributed by atoms with Crippen molar-refractivity contribution < 1.29 is 29.0 Å². The number of rotatable bonds is 11. The number of aliphatic hydroxyl groups is 1. The highest BCUT2D eigenvalue weighted by Crippen LogP contribution is 2.06. The van der Waals surface area contributed by atoms with Crippen molar-refractivity contribution in [1.29, 1.82) is 0 Å². The number of esters is 1. The molecule has 0 aromatic rings. The van der Waals surface area contributed by atoms with Gasteiger partial charge >= 0.3 is 5.97 Å². The number of allylic oxidation sites excluding steroid dienone is 1. The molecule has 21 heavy (non-hydrogen) atoms. The van der Waals surface area contributed by atoms with Gasteiger partial charge in [-0.1, -0.05) is 12.5 Å². The van der Waals surface area contributed by atoms with Crippen molar-refractivity contribution in [2.24, 2.45) is 0 Å². The van der Waals surface area contributed by atoms with E-state index in [0.717, 1.165) is 25.7 Å². The number of aliphatic carboxylic acids is 1. The van der Waals surface area contributed by atoms with Crippen molar-refractivity contribution in [2.75, 3.05) is 34.3 Å². The Balaban J connectivity index is 4.20. The predicted octanol–water partition coefficient (Wildman–Crippen LogP) is -0.147. The Hall–Kier alpha value is -1.40. The number of carboxylic acids is 1. The van der Waals surface area contributed by atoms with Gasteiger partial charge in [0.05, 0.1) is 21.1 Å². The third-order valence-corrected chi connectivity index (χ3v) is 2.71. The molecule has 0 aliphatic carbocycles. The van der Waals surface area contributed by atoms with E-state index in [1.54, 1.807) is 6.08 Å². The summed E-state index contributed by atoms with van der Waals surface area (Å²) in [6, 6.07) is 0. The van der Waals surface area contributed by atoms with Crippen molar-refractivity contribution in [3.63, 3.8) is 0 Å². The van der Waals surface area contributed by atoms with Crippen molar-refractivity contribution in [3.05, 3.63) is 12.2 Å². The minimum Gasteiger partial charge on any atom is -0.550 e. The van der Waals surface area contributed by atoms with Gasteiger partial charge in [-0.15, -0.1) is 0 Å². The summed E-state index contributed by atoms with van der Waals surface area (Å²) in [7, 11) is 5.69. The van der Waals surface area contributed by atoms with E-state index in [1.165, 1.54) is 6.08 Å². The molecule has 0 saturated heterocycles. The highest BCUT2D eigenvalue weighted by molar-refractivity contribution is 5.82. The van der Waals surface area contributed by atoms with Gasteiger partial charge in [0.15, 0.2) is 6.10 Å². The van der Waals surface area contributed by atoms with E-state index in [1.807, 2.05) is 21.1 Å². The fourth-order valence-electron chi connectivity index (χ4n) is 1.87. The lowest BCUT2D eigenvalue weighted by Crippen LogP contribution is -2.45. The van der Waals surface area contributed by atoms with Crippen LogP contribution in [0.25, 0.3) is 0 Å². The van der Waals surface area contributed by atoms with Crippen LogP contribution < -0.4 is 5.11 Å². The largest absolute Gasteiger partial charge is 0.550 e. The minimum atomic E-state index is -1.23. The molecule has 1 unspecified atom stereocenters. The van der Waals surface area contributed by atoms with Gasteiger partial charge in [-0.2, -0.15) is 0 Å². The third-order valence-electron chi connectivity index (χ3n) is 2.71. The van der Waals surface area contributed by atoms with E-state index in [4.69, 9.17) is 9.84 Å². The molecule has 1 N–H and O–H groups in total. The molecule has 0 saturated carbocycles. The maximum Gasteiger partial charge on any atom is 0.330 e. The zero-order chi connectivity index (χ0) is 16.3. The Bertz CT molecular complexity index is 346. The predicted molar refractivity (Wildman–Crippen MR) is 77.1 cm³/mol. The molecule has 0 aromatic carbocycles. The Labute approximate surface area is 126 Å². The van der Waals surface area contributed by atoms with Gasteiger partial charge in [0.2, 0.25) is 0 Å². The highest BCUT2D eigenvalue weighted by atomic mass is 16.5. The van der Waals surface area contributed by atoms with Crippen LogP contribution in [0.2, 0.25) is 0 Å². The molecular formula is C15H27NO5. The second-order valence-corrected chi connectivity index (χ2v) is 6.08. The maximum atomic E-state index is 11.6. The smallest absolute Gasteiger partial charge is 0.330 e. The van der Waals surface area contributed by atoms with E-state index in [2.05, 4.69) is 0 Å². The number of carbonyl (C=O) groups excluding carboxylic acids is 2. The fraction of sp³-hybridized carbons (Fsp3) is 0.733. The van der Waals surface area contributed by atoms with E-state index in [-0.39, 0.29) is 13.0 Å². The summed E-state index contributed by atoms with van der Waals surface area (Å²) >= 11 is 0. The van der Waals surface area contributed by atoms with E-state index in [0.29, 0.717) is 11.0 Å². The molecule has 0 aliphatic heterocycles. The second kappa shape index (κ2) is 10.3. The van der Waals surface area contributed by atoms with Crippen molar-refractivity contribution in [2.45, 2.75) is 38.2 Å². The van der Waals surface area contributed by atoms with Crippen LogP contribution in [0.3, 0.4) is 0 Å². The molecular weight excluding hydrogens is 274 g/mol. The van der Waals surface area contributed by atoms with Crippen LogP contribution in [0, 0.1) is 0 Å². The maximum absolute atomic E-state index is 11.6. The van der Waals surface area contributed by atoms with Crippen LogP contribution in [-0.2, 0) is 14.3 Å². The van der Waals surface area contributed by atoms with Crippen molar-refractivity contribution in [3.8, 4) is 0 Å². The third kappa shape index (κ3) is 13.3. The van der Waals surface area contributed by atoms with Gasteiger partial charge in [-0.05, 0) is 19.3 Å². The standard InChI is InChI=1S/C15H27NO5/c1-16(2,3)12-13(11-14(18)19)21-15(20)9-7-5-4-6-8-10-17/h7,9,13,17H,4-6,8,10-12H2,1-3H3. The number of carboxylic acid groups (broad SMARTS) is 1. The second-order valence-electron chi connectivity index (χ2n) is 6.08. The lowest BCUT2D eigenvalue weighted by molar-refractivity contribution is -0.873. The summed E-state index contributed by atoms with van der Waals surface area (Å²) in [5.74, 6) is -1.76. The van der Waals surface area contributed by atoms with Crippen LogP contribution in [0.1, 0.15) is 32.1 Å². The Morgan fingerprint density at radius 1 is 1.24 bits per heavy atom. The van der Waals surface area contributed by atoms with E-state index in [9.17, 15) is 14.7 Å². The number of unbranched alkanes of at least 4 members (excludes halogenated alkanes) is 3. The van der Waals surface area contributed by atoms with E-state index < -0.39 is 18.0 Å². The molecule has 6 heteroatoms. The molecule has 0 rings (SSSR count). The Kier molecular flexibility index (Phi) is 9.65. The van der Waals surface area contributed by atoms with Gasteiger partial charge in [0, 0.05) is 25.1 Å². The molecule has 0 heterocycles. The monoisotopic (exact) mass is 301 g/mol. The number of likely N-dealkylation sites (N-methyl/N-ethyl adjacent to an activating group) is 1. The molecule has 1 atom stereocenters. The van der Waals surface area contributed by atoms with Crippen molar-refractivity contribution >= 4 is 11.9 Å². The molecule has 0 bridgehead atoms. The summed E-state index contributed by atoms with van der Waals surface area (Å²) in [6.07, 6.45) is 5.34. The van der Waals surface area contributed by atoms with Gasteiger partial charge < -0.3 is 24.2 Å². The number of hydrogen-bond donors (Lipinski definition) is 1.